The van der Waals surface area contributed by atoms with Crippen LogP contribution in [0.1, 0.15) is 25.8 Å². The lowest BCUT2D eigenvalue weighted by Crippen LogP contribution is -2.38. The molecule has 1 aliphatic heterocycles. The van der Waals surface area contributed by atoms with Gasteiger partial charge in [-0.15, -0.1) is 0 Å². The van der Waals surface area contributed by atoms with Crippen LogP contribution in [0.25, 0.3) is 0 Å². The number of hydrogen-bond acceptors (Lipinski definition) is 3. The number of anilines is 1. The molecular formula is C14H20ClN3O. The summed E-state index contributed by atoms with van der Waals surface area (Å²) in [7, 11) is 0. The molecule has 3 N–H and O–H groups in total. The molecule has 0 bridgehead atoms. The van der Waals surface area contributed by atoms with Crippen LogP contribution in [-0.2, 0) is 0 Å². The van der Waals surface area contributed by atoms with Crippen LogP contribution in [0.5, 0.6) is 0 Å². The standard InChI is InChI=1S/C14H20ClN3O/c1-9-5-10(2)8-18(7-9)11-3-4-12(13(15)6-11)14(16)17-19/h3-4,6,9-10,19H,5,7-8H2,1-2H3,(H2,16,17). The Morgan fingerprint density at radius 2 is 2.00 bits per heavy atom. The first kappa shape index (κ1) is 14.0. The molecule has 0 spiro atoms. The molecule has 0 aromatic heterocycles. The summed E-state index contributed by atoms with van der Waals surface area (Å²) in [5, 5.41) is 12.2. The van der Waals surface area contributed by atoms with Crippen LogP contribution in [0.4, 0.5) is 5.69 Å². The molecule has 0 radical (unpaired) electrons. The van der Waals surface area contributed by atoms with Crippen molar-refractivity contribution < 1.29 is 5.21 Å². The SMILES string of the molecule is CC1CC(C)CN(c2ccc(C(N)=NO)c(Cl)c2)C1. The van der Waals surface area contributed by atoms with Gasteiger partial charge >= 0.3 is 0 Å². The Balaban J connectivity index is 2.24. The van der Waals surface area contributed by atoms with Crippen molar-refractivity contribution in [3.63, 3.8) is 0 Å². The van der Waals surface area contributed by atoms with E-state index in [0.717, 1.165) is 18.8 Å². The van der Waals surface area contributed by atoms with Gasteiger partial charge in [-0.05, 0) is 36.5 Å². The maximum atomic E-state index is 8.69. The minimum Gasteiger partial charge on any atom is -0.409 e. The van der Waals surface area contributed by atoms with Crippen LogP contribution in [0, 0.1) is 11.8 Å². The fourth-order valence-corrected chi connectivity index (χ4v) is 3.11. The molecule has 5 heteroatoms. The van der Waals surface area contributed by atoms with Gasteiger partial charge in [0, 0.05) is 24.3 Å². The average Bonchev–Trinajstić information content (AvgIpc) is 2.36. The minimum absolute atomic E-state index is 0.0388. The van der Waals surface area contributed by atoms with Gasteiger partial charge < -0.3 is 15.8 Å². The van der Waals surface area contributed by atoms with E-state index < -0.39 is 0 Å². The molecule has 104 valence electrons. The first-order chi connectivity index (χ1) is 9.01. The van der Waals surface area contributed by atoms with Crippen molar-refractivity contribution in [1.82, 2.24) is 0 Å². The van der Waals surface area contributed by atoms with Crippen molar-refractivity contribution in [3.8, 4) is 0 Å². The van der Waals surface area contributed by atoms with Gasteiger partial charge in [0.05, 0.1) is 5.02 Å². The van der Waals surface area contributed by atoms with Gasteiger partial charge in [-0.2, -0.15) is 0 Å². The second kappa shape index (κ2) is 5.70. The van der Waals surface area contributed by atoms with Crippen LogP contribution < -0.4 is 10.6 Å². The summed E-state index contributed by atoms with van der Waals surface area (Å²) in [6.07, 6.45) is 1.27. The Morgan fingerprint density at radius 3 is 2.53 bits per heavy atom. The van der Waals surface area contributed by atoms with Crippen LogP contribution in [-0.4, -0.2) is 24.1 Å². The highest BCUT2D eigenvalue weighted by atomic mass is 35.5. The Hall–Kier alpha value is -1.42. The average molecular weight is 282 g/mol. The number of halogens is 1. The number of hydrogen-bond donors (Lipinski definition) is 2. The summed E-state index contributed by atoms with van der Waals surface area (Å²) in [5.41, 5.74) is 7.23. The molecule has 19 heavy (non-hydrogen) atoms. The minimum atomic E-state index is 0.0388. The van der Waals surface area contributed by atoms with E-state index in [-0.39, 0.29) is 5.84 Å². The molecule has 0 aliphatic carbocycles. The van der Waals surface area contributed by atoms with Crippen molar-refractivity contribution >= 4 is 23.1 Å². The molecule has 1 heterocycles. The third-order valence-corrected chi connectivity index (χ3v) is 3.88. The topological polar surface area (TPSA) is 61.8 Å². The first-order valence-electron chi connectivity index (χ1n) is 6.53. The van der Waals surface area contributed by atoms with Crippen molar-refractivity contribution in [2.75, 3.05) is 18.0 Å². The molecule has 0 amide bonds. The number of nitrogens with two attached hydrogens (primary N) is 1. The number of amidine groups is 1. The summed E-state index contributed by atoms with van der Waals surface area (Å²) < 4.78 is 0. The normalized spacial score (nSPS) is 24.6. The van der Waals surface area contributed by atoms with Gasteiger partial charge in [0.1, 0.15) is 0 Å². The number of piperidine rings is 1. The zero-order valence-electron chi connectivity index (χ0n) is 11.3. The van der Waals surface area contributed by atoms with Crippen molar-refractivity contribution in [3.05, 3.63) is 28.8 Å². The summed E-state index contributed by atoms with van der Waals surface area (Å²) in [5.74, 6) is 1.41. The Labute approximate surface area is 118 Å². The highest BCUT2D eigenvalue weighted by Gasteiger charge is 2.22. The Kier molecular flexibility index (Phi) is 4.20. The lowest BCUT2D eigenvalue weighted by atomic mass is 9.91. The lowest BCUT2D eigenvalue weighted by molar-refractivity contribution is 0.318. The molecule has 1 aliphatic rings. The highest BCUT2D eigenvalue weighted by Crippen LogP contribution is 2.29. The maximum Gasteiger partial charge on any atom is 0.171 e. The van der Waals surface area contributed by atoms with Crippen LogP contribution in [0.2, 0.25) is 5.02 Å². The van der Waals surface area contributed by atoms with Gasteiger partial charge in [-0.3, -0.25) is 0 Å². The highest BCUT2D eigenvalue weighted by molar-refractivity contribution is 6.34. The predicted molar refractivity (Wildman–Crippen MR) is 79.1 cm³/mol. The van der Waals surface area contributed by atoms with Crippen LogP contribution in [0.3, 0.4) is 0 Å². The molecule has 1 aromatic rings. The van der Waals surface area contributed by atoms with E-state index in [1.165, 1.54) is 6.42 Å². The van der Waals surface area contributed by atoms with E-state index in [4.69, 9.17) is 22.5 Å². The largest absolute Gasteiger partial charge is 0.409 e. The van der Waals surface area contributed by atoms with E-state index in [1.807, 2.05) is 12.1 Å². The fourth-order valence-electron chi connectivity index (χ4n) is 2.84. The number of nitrogens with zero attached hydrogens (tertiary/aromatic N) is 2. The second-order valence-corrected chi connectivity index (χ2v) is 5.91. The maximum absolute atomic E-state index is 8.69. The van der Waals surface area contributed by atoms with Crippen molar-refractivity contribution in [1.29, 1.82) is 0 Å². The van der Waals surface area contributed by atoms with Gasteiger partial charge in [0.2, 0.25) is 0 Å². The van der Waals surface area contributed by atoms with E-state index in [2.05, 4.69) is 23.9 Å². The summed E-state index contributed by atoms with van der Waals surface area (Å²) in [6.45, 7) is 6.64. The zero-order valence-corrected chi connectivity index (χ0v) is 12.1. The summed E-state index contributed by atoms with van der Waals surface area (Å²) >= 11 is 6.20. The molecule has 1 saturated heterocycles. The lowest BCUT2D eigenvalue weighted by Gasteiger charge is -2.36. The number of benzene rings is 1. The van der Waals surface area contributed by atoms with E-state index in [0.29, 0.717) is 22.4 Å². The number of oxime groups is 1. The number of rotatable bonds is 2. The van der Waals surface area contributed by atoms with Gasteiger partial charge in [-0.25, -0.2) is 0 Å². The quantitative estimate of drug-likeness (QED) is 0.379. The molecule has 2 rings (SSSR count). The molecule has 2 atom stereocenters. The molecular weight excluding hydrogens is 262 g/mol. The third-order valence-electron chi connectivity index (χ3n) is 3.57. The Morgan fingerprint density at radius 1 is 1.37 bits per heavy atom. The van der Waals surface area contributed by atoms with Crippen molar-refractivity contribution in [2.45, 2.75) is 20.3 Å². The van der Waals surface area contributed by atoms with Gasteiger partial charge in [0.15, 0.2) is 5.84 Å². The van der Waals surface area contributed by atoms with Gasteiger partial charge in [-0.1, -0.05) is 30.6 Å². The molecule has 1 fully saturated rings. The summed E-state index contributed by atoms with van der Waals surface area (Å²) in [4.78, 5) is 2.35. The van der Waals surface area contributed by atoms with E-state index >= 15 is 0 Å². The first-order valence-corrected chi connectivity index (χ1v) is 6.91. The molecule has 2 unspecified atom stereocenters. The smallest absolute Gasteiger partial charge is 0.171 e. The Bertz CT molecular complexity index is 480. The van der Waals surface area contributed by atoms with E-state index in [1.54, 1.807) is 6.07 Å². The van der Waals surface area contributed by atoms with Gasteiger partial charge in [0.25, 0.3) is 0 Å². The van der Waals surface area contributed by atoms with Crippen LogP contribution >= 0.6 is 11.6 Å². The fraction of sp³-hybridized carbons (Fsp3) is 0.500. The predicted octanol–water partition coefficient (Wildman–Crippen LogP) is 2.92. The second-order valence-electron chi connectivity index (χ2n) is 5.50. The summed E-state index contributed by atoms with van der Waals surface area (Å²) in [6, 6.07) is 5.67. The monoisotopic (exact) mass is 281 g/mol. The zero-order chi connectivity index (χ0) is 14.0. The molecule has 1 aromatic carbocycles. The molecule has 4 nitrogen and oxygen atoms in total. The van der Waals surface area contributed by atoms with Crippen LogP contribution in [0.15, 0.2) is 23.4 Å². The van der Waals surface area contributed by atoms with E-state index in [9.17, 15) is 0 Å². The molecule has 0 saturated carbocycles. The van der Waals surface area contributed by atoms with Crippen molar-refractivity contribution in [2.24, 2.45) is 22.7 Å². The third kappa shape index (κ3) is 3.13.